The van der Waals surface area contributed by atoms with Crippen molar-refractivity contribution < 1.29 is 9.59 Å². The second kappa shape index (κ2) is 10.5. The van der Waals surface area contributed by atoms with Crippen molar-refractivity contribution in [3.63, 3.8) is 0 Å². The average Bonchev–Trinajstić information content (AvgIpc) is 3.89. The first-order valence-corrected chi connectivity index (χ1v) is 16.9. The maximum absolute atomic E-state index is 13.5. The van der Waals surface area contributed by atoms with Gasteiger partial charge in [-0.3, -0.25) is 9.59 Å². The minimum absolute atomic E-state index is 0.102. The number of rotatable bonds is 2. The van der Waals surface area contributed by atoms with Crippen LogP contribution in [-0.2, 0) is 5.41 Å². The Morgan fingerprint density at radius 2 is 1.29 bits per heavy atom. The number of nitrogens with zero attached hydrogens (tertiary/aromatic N) is 6. The molecule has 0 saturated heterocycles. The van der Waals surface area contributed by atoms with Gasteiger partial charge in [0, 0.05) is 37.3 Å². The topological polar surface area (TPSA) is 115 Å². The van der Waals surface area contributed by atoms with Gasteiger partial charge < -0.3 is 0 Å². The number of carbonyl (C=O) groups excluding carboxylic acids is 2. The number of Topliss-reactive ketones (excluding diaryl/α,β-unsaturated/α-hetero) is 2. The third-order valence-electron chi connectivity index (χ3n) is 8.68. The Balaban J connectivity index is 1.23. The maximum atomic E-state index is 13.5. The van der Waals surface area contributed by atoms with Crippen LogP contribution in [0.1, 0.15) is 56.1 Å². The minimum Gasteiger partial charge on any atom is -0.287 e. The van der Waals surface area contributed by atoms with Crippen LogP contribution in [0.2, 0.25) is 0 Å². The van der Waals surface area contributed by atoms with Crippen molar-refractivity contribution in [2.75, 3.05) is 0 Å². The molecule has 3 heterocycles. The van der Waals surface area contributed by atoms with Gasteiger partial charge in [-0.1, -0.05) is 62.4 Å². The molecule has 5 aromatic rings. The Hall–Kier alpha value is -6.08. The largest absolute Gasteiger partial charge is 0.287 e. The van der Waals surface area contributed by atoms with E-state index in [-0.39, 0.29) is 45.5 Å². The van der Waals surface area contributed by atoms with Crippen molar-refractivity contribution in [3.05, 3.63) is 127 Å². The molecule has 0 aliphatic heterocycles. The Bertz CT molecular complexity index is 2700. The lowest BCUT2D eigenvalue weighted by Gasteiger charge is -2.21. The standard InChI is InChI=1S/C37H16N6O2S3/c1-37(2)25(42-30-27(21(15-38)40-3)17-9-5-7-11-19(17)32(30)44)13-23-29(37)35-36(46-23)34-24(47-35)14-26(48-34)43-31-28(22(16-39)41-4)18-10-6-8-12-20(18)33(31)45/h5-14H,1-2H3/b27-21+,28-22?,42-30?,43-31?. The number of hydrogen-bond acceptors (Lipinski definition) is 9. The van der Waals surface area contributed by atoms with Crippen LogP contribution in [0, 0.1) is 35.8 Å². The van der Waals surface area contributed by atoms with Gasteiger partial charge in [0.1, 0.15) is 16.4 Å². The summed E-state index contributed by atoms with van der Waals surface area (Å²) in [7, 11) is 0. The Kier molecular flexibility index (Phi) is 6.40. The molecule has 3 aromatic heterocycles. The van der Waals surface area contributed by atoms with Gasteiger partial charge in [-0.25, -0.2) is 30.2 Å². The van der Waals surface area contributed by atoms with Crippen LogP contribution in [0.15, 0.2) is 81.7 Å². The van der Waals surface area contributed by atoms with E-state index in [1.807, 2.05) is 24.3 Å². The quantitative estimate of drug-likeness (QED) is 0.137. The molecule has 0 N–H and O–H groups in total. The molecule has 2 aromatic carbocycles. The van der Waals surface area contributed by atoms with Crippen LogP contribution < -0.4 is 0 Å². The second-order valence-electron chi connectivity index (χ2n) is 11.6. The van der Waals surface area contributed by atoms with E-state index in [0.29, 0.717) is 33.0 Å². The molecule has 8 rings (SSSR count). The number of fused-ring (bicyclic) bond motifs is 7. The molecule has 48 heavy (non-hydrogen) atoms. The van der Waals surface area contributed by atoms with Gasteiger partial charge in [-0.05, 0) is 28.8 Å². The molecule has 8 nitrogen and oxygen atoms in total. The fourth-order valence-corrected chi connectivity index (χ4v) is 10.9. The fourth-order valence-electron chi connectivity index (χ4n) is 6.47. The molecule has 3 aliphatic carbocycles. The van der Waals surface area contributed by atoms with Gasteiger partial charge in [-0.2, -0.15) is 0 Å². The predicted molar refractivity (Wildman–Crippen MR) is 190 cm³/mol. The van der Waals surface area contributed by atoms with E-state index in [0.717, 1.165) is 29.2 Å². The highest BCUT2D eigenvalue weighted by atomic mass is 32.1. The number of allylic oxidation sites excluding steroid dienone is 5. The van der Waals surface area contributed by atoms with E-state index in [9.17, 15) is 20.1 Å². The van der Waals surface area contributed by atoms with Crippen molar-refractivity contribution in [3.8, 4) is 12.1 Å². The molecule has 0 fully saturated rings. The molecule has 0 bridgehead atoms. The maximum Gasteiger partial charge on any atom is 0.271 e. The summed E-state index contributed by atoms with van der Waals surface area (Å²) in [5, 5.41) is 20.0. The fraction of sp³-hybridized carbons (Fsp3) is 0.0811. The van der Waals surface area contributed by atoms with E-state index >= 15 is 0 Å². The summed E-state index contributed by atoms with van der Waals surface area (Å²) in [4.78, 5) is 44.3. The number of nitriles is 2. The molecule has 0 amide bonds. The van der Waals surface area contributed by atoms with Crippen LogP contribution >= 0.6 is 34.0 Å². The zero-order chi connectivity index (χ0) is 33.5. The van der Waals surface area contributed by atoms with Crippen LogP contribution in [0.5, 0.6) is 0 Å². The van der Waals surface area contributed by atoms with Crippen LogP contribution in [0.3, 0.4) is 0 Å². The molecule has 0 radical (unpaired) electrons. The normalized spacial score (nSPS) is 19.5. The van der Waals surface area contributed by atoms with Crippen molar-refractivity contribution in [2.24, 2.45) is 9.98 Å². The highest BCUT2D eigenvalue weighted by Gasteiger charge is 2.41. The monoisotopic (exact) mass is 672 g/mol. The SMILES string of the molecule is [C-]#[N+]C(C#N)=C1C(=Nc2cc3sc4c5c(sc4c3s2)C=C(N=C2C(=O)c3ccccc3/C2=C(/C#N)[N+]#[C-])C5(C)C)C(=O)c2ccccc21. The third-order valence-corrected chi connectivity index (χ3v) is 12.4. The van der Waals surface area contributed by atoms with Crippen LogP contribution in [0.25, 0.3) is 45.7 Å². The van der Waals surface area contributed by atoms with E-state index < -0.39 is 5.41 Å². The van der Waals surface area contributed by atoms with Crippen LogP contribution in [-0.4, -0.2) is 23.0 Å². The molecule has 0 atom stereocenters. The van der Waals surface area contributed by atoms with Crippen molar-refractivity contribution >= 4 is 98.0 Å². The summed E-state index contributed by atoms with van der Waals surface area (Å²) in [6.45, 7) is 19.2. The van der Waals surface area contributed by atoms with Gasteiger partial charge in [0.2, 0.25) is 11.6 Å². The first kappa shape index (κ1) is 29.3. The van der Waals surface area contributed by atoms with Gasteiger partial charge in [0.15, 0.2) is 0 Å². The first-order chi connectivity index (χ1) is 23.2. The average molecular weight is 673 g/mol. The Labute approximate surface area is 285 Å². The number of ketones is 2. The van der Waals surface area contributed by atoms with Gasteiger partial charge in [0.25, 0.3) is 11.4 Å². The van der Waals surface area contributed by atoms with Gasteiger partial charge >= 0.3 is 0 Å². The lowest BCUT2D eigenvalue weighted by Crippen LogP contribution is -2.18. The predicted octanol–water partition coefficient (Wildman–Crippen LogP) is 9.42. The summed E-state index contributed by atoms with van der Waals surface area (Å²) in [6, 6.07) is 19.7. The molecule has 0 saturated carbocycles. The van der Waals surface area contributed by atoms with Crippen molar-refractivity contribution in [2.45, 2.75) is 19.3 Å². The molecule has 224 valence electrons. The number of aliphatic imine (C=N–C) groups is 2. The summed E-state index contributed by atoms with van der Waals surface area (Å²) < 4.78 is 4.23. The highest BCUT2D eigenvalue weighted by molar-refractivity contribution is 7.39. The molecule has 0 unspecified atom stereocenters. The molecule has 0 spiro atoms. The van der Waals surface area contributed by atoms with E-state index in [2.05, 4.69) is 23.5 Å². The lowest BCUT2D eigenvalue weighted by atomic mass is 9.86. The number of hydrogen-bond donors (Lipinski definition) is 0. The van der Waals surface area contributed by atoms with Gasteiger partial charge in [0.05, 0.1) is 45.1 Å². The lowest BCUT2D eigenvalue weighted by molar-refractivity contribution is 0.106. The summed E-state index contributed by atoms with van der Waals surface area (Å²) in [5.41, 5.74) is 3.58. The second-order valence-corrected chi connectivity index (χ2v) is 14.7. The smallest absolute Gasteiger partial charge is 0.271 e. The Morgan fingerprint density at radius 3 is 1.83 bits per heavy atom. The number of benzene rings is 2. The van der Waals surface area contributed by atoms with Crippen molar-refractivity contribution in [1.29, 1.82) is 10.5 Å². The zero-order valence-electron chi connectivity index (χ0n) is 25.0. The van der Waals surface area contributed by atoms with Crippen LogP contribution in [0.4, 0.5) is 5.00 Å². The Morgan fingerprint density at radius 1 is 0.750 bits per heavy atom. The van der Waals surface area contributed by atoms with Crippen molar-refractivity contribution in [1.82, 2.24) is 0 Å². The zero-order valence-corrected chi connectivity index (χ0v) is 27.4. The van der Waals surface area contributed by atoms with E-state index in [1.54, 1.807) is 71.2 Å². The number of carbonyl (C=O) groups is 2. The first-order valence-electron chi connectivity index (χ1n) is 14.4. The van der Waals surface area contributed by atoms with E-state index in [4.69, 9.17) is 23.1 Å². The minimum atomic E-state index is -0.573. The highest BCUT2D eigenvalue weighted by Crippen LogP contribution is 2.56. The molecular formula is C37H16N6O2S3. The van der Waals surface area contributed by atoms with Gasteiger partial charge in [-0.15, -0.1) is 34.0 Å². The molecule has 11 heteroatoms. The number of thiophene rings is 3. The summed E-state index contributed by atoms with van der Waals surface area (Å²) >= 11 is 4.70. The summed E-state index contributed by atoms with van der Waals surface area (Å²) in [5.74, 6) is -0.616. The van der Waals surface area contributed by atoms with E-state index in [1.165, 1.54) is 11.3 Å². The molecule has 3 aliphatic rings. The summed E-state index contributed by atoms with van der Waals surface area (Å²) in [6.07, 6.45) is 1.98. The third kappa shape index (κ3) is 3.94. The molecular weight excluding hydrogens is 657 g/mol.